The number of nitrogens with zero attached hydrogens (tertiary/aromatic N) is 4. The van der Waals surface area contributed by atoms with Crippen molar-refractivity contribution >= 4 is 17.3 Å². The van der Waals surface area contributed by atoms with E-state index < -0.39 is 0 Å². The van der Waals surface area contributed by atoms with Crippen LogP contribution in [0.5, 0.6) is 0 Å². The highest BCUT2D eigenvalue weighted by atomic mass is 32.1. The third kappa shape index (κ3) is 5.95. The zero-order chi connectivity index (χ0) is 21.3. The van der Waals surface area contributed by atoms with Gasteiger partial charge in [-0.25, -0.2) is 4.98 Å². The highest BCUT2D eigenvalue weighted by Crippen LogP contribution is 2.27. The van der Waals surface area contributed by atoms with Gasteiger partial charge in [0.15, 0.2) is 5.96 Å². The Morgan fingerprint density at radius 3 is 2.71 bits per heavy atom. The Hall–Kier alpha value is -2.64. The van der Waals surface area contributed by atoms with Crippen LogP contribution in [0.2, 0.25) is 0 Å². The predicted molar refractivity (Wildman–Crippen MR) is 129 cm³/mol. The fourth-order valence-electron chi connectivity index (χ4n) is 4.14. The van der Waals surface area contributed by atoms with Crippen LogP contribution < -0.4 is 10.6 Å². The van der Waals surface area contributed by atoms with E-state index in [1.54, 1.807) is 0 Å². The van der Waals surface area contributed by atoms with Crippen molar-refractivity contribution in [2.45, 2.75) is 31.8 Å². The largest absolute Gasteiger partial charge is 0.356 e. The van der Waals surface area contributed by atoms with Gasteiger partial charge in [-0.3, -0.25) is 9.89 Å². The molecule has 1 aliphatic rings. The summed E-state index contributed by atoms with van der Waals surface area (Å²) in [5, 5.41) is 9.18. The van der Waals surface area contributed by atoms with Crippen LogP contribution in [0.15, 0.2) is 65.2 Å². The second-order valence-corrected chi connectivity index (χ2v) is 8.84. The van der Waals surface area contributed by atoms with E-state index in [4.69, 9.17) is 0 Å². The molecule has 0 spiro atoms. The monoisotopic (exact) mass is 436 g/mol. The summed E-state index contributed by atoms with van der Waals surface area (Å²) < 4.78 is 2.22. The molecule has 1 aromatic carbocycles. The van der Waals surface area contributed by atoms with Crippen LogP contribution in [-0.4, -0.2) is 53.6 Å². The Kier molecular flexibility index (Phi) is 7.74. The Balaban J connectivity index is 1.28. The smallest absolute Gasteiger partial charge is 0.191 e. The van der Waals surface area contributed by atoms with Crippen molar-refractivity contribution in [3.05, 3.63) is 76.5 Å². The molecule has 3 heterocycles. The normalized spacial score (nSPS) is 15.8. The molecule has 31 heavy (non-hydrogen) atoms. The first-order valence-electron chi connectivity index (χ1n) is 11.1. The summed E-state index contributed by atoms with van der Waals surface area (Å²) >= 11 is 1.84. The van der Waals surface area contributed by atoms with Gasteiger partial charge in [-0.05, 0) is 42.9 Å². The Morgan fingerprint density at radius 1 is 1.13 bits per heavy atom. The van der Waals surface area contributed by atoms with E-state index in [9.17, 15) is 0 Å². The van der Waals surface area contributed by atoms with Gasteiger partial charge >= 0.3 is 0 Å². The second kappa shape index (κ2) is 11.1. The molecular formula is C24H32N6S. The van der Waals surface area contributed by atoms with Gasteiger partial charge in [0, 0.05) is 50.4 Å². The summed E-state index contributed by atoms with van der Waals surface area (Å²) in [6.07, 6.45) is 7.38. The topological polar surface area (TPSA) is 57.5 Å². The molecule has 4 rings (SSSR count). The van der Waals surface area contributed by atoms with Crippen molar-refractivity contribution < 1.29 is 0 Å². The first kappa shape index (κ1) is 21.6. The maximum Gasteiger partial charge on any atom is 0.191 e. The van der Waals surface area contributed by atoms with Gasteiger partial charge in [0.2, 0.25) is 0 Å². The van der Waals surface area contributed by atoms with Gasteiger partial charge in [0.25, 0.3) is 0 Å². The molecule has 164 valence electrons. The fraction of sp³-hybridized carbons (Fsp3) is 0.417. The summed E-state index contributed by atoms with van der Waals surface area (Å²) in [4.78, 5) is 13.0. The molecule has 0 radical (unpaired) electrons. The van der Waals surface area contributed by atoms with Crippen molar-refractivity contribution in [3.63, 3.8) is 0 Å². The lowest BCUT2D eigenvalue weighted by molar-refractivity contribution is 0.249. The molecule has 1 unspecified atom stereocenters. The van der Waals surface area contributed by atoms with Crippen LogP contribution in [0.3, 0.4) is 0 Å². The summed E-state index contributed by atoms with van der Waals surface area (Å²) in [5.74, 6) is 1.93. The average molecular weight is 437 g/mol. The number of guanidine groups is 1. The quantitative estimate of drug-likeness (QED) is 0.398. The van der Waals surface area contributed by atoms with Gasteiger partial charge in [0.1, 0.15) is 5.82 Å². The molecule has 1 saturated heterocycles. The summed E-state index contributed by atoms with van der Waals surface area (Å²) in [6, 6.07) is 15.3. The zero-order valence-electron chi connectivity index (χ0n) is 18.2. The van der Waals surface area contributed by atoms with Crippen LogP contribution in [0.25, 0.3) is 0 Å². The molecule has 0 aliphatic carbocycles. The Bertz CT molecular complexity index is 928. The van der Waals surface area contributed by atoms with Crippen molar-refractivity contribution in [2.24, 2.45) is 4.99 Å². The van der Waals surface area contributed by atoms with Crippen molar-refractivity contribution in [3.8, 4) is 0 Å². The van der Waals surface area contributed by atoms with Crippen molar-refractivity contribution in [2.75, 3.05) is 33.2 Å². The molecule has 0 bridgehead atoms. The standard InChI is InChI=1S/C24H32N6S/c1-25-24(28-18-21(22-10-7-17-31-22)29-14-5-6-15-29)27-12-11-23-26-13-16-30(23)19-20-8-3-2-4-9-20/h2-4,7-10,13,16-17,21H,5-6,11-12,14-15,18-19H2,1H3,(H2,25,27,28). The minimum Gasteiger partial charge on any atom is -0.356 e. The van der Waals surface area contributed by atoms with E-state index in [1.165, 1.54) is 36.4 Å². The molecular weight excluding hydrogens is 404 g/mol. The van der Waals surface area contributed by atoms with E-state index in [0.29, 0.717) is 6.04 Å². The number of thiophene rings is 1. The summed E-state index contributed by atoms with van der Waals surface area (Å²) in [5.41, 5.74) is 1.29. The number of benzene rings is 1. The highest BCUT2D eigenvalue weighted by Gasteiger charge is 2.24. The zero-order valence-corrected chi connectivity index (χ0v) is 19.0. The molecule has 1 aliphatic heterocycles. The first-order valence-corrected chi connectivity index (χ1v) is 12.0. The van der Waals surface area contributed by atoms with E-state index in [0.717, 1.165) is 37.8 Å². The maximum atomic E-state index is 4.55. The number of hydrogen-bond donors (Lipinski definition) is 2. The predicted octanol–water partition coefficient (Wildman–Crippen LogP) is 3.54. The molecule has 1 fully saturated rings. The highest BCUT2D eigenvalue weighted by molar-refractivity contribution is 7.10. The lowest BCUT2D eigenvalue weighted by atomic mass is 10.2. The van der Waals surface area contributed by atoms with Gasteiger partial charge < -0.3 is 15.2 Å². The third-order valence-corrected chi connectivity index (χ3v) is 6.75. The number of likely N-dealkylation sites (tertiary alicyclic amines) is 1. The summed E-state index contributed by atoms with van der Waals surface area (Å²) in [7, 11) is 1.84. The number of nitrogens with one attached hydrogen (secondary N) is 2. The Labute approximate surface area is 189 Å². The van der Waals surface area contributed by atoms with Gasteiger partial charge in [-0.2, -0.15) is 0 Å². The van der Waals surface area contributed by atoms with Crippen molar-refractivity contribution in [1.29, 1.82) is 0 Å². The lowest BCUT2D eigenvalue weighted by Gasteiger charge is -2.27. The number of imidazole rings is 1. The van der Waals surface area contributed by atoms with E-state index >= 15 is 0 Å². The number of aliphatic imine (C=N–C) groups is 1. The van der Waals surface area contributed by atoms with Gasteiger partial charge in [-0.1, -0.05) is 36.4 Å². The van der Waals surface area contributed by atoms with E-state index in [-0.39, 0.29) is 0 Å². The summed E-state index contributed by atoms with van der Waals surface area (Å²) in [6.45, 7) is 4.86. The van der Waals surface area contributed by atoms with Gasteiger partial charge in [0.05, 0.1) is 6.04 Å². The lowest BCUT2D eigenvalue weighted by Crippen LogP contribution is -2.43. The molecule has 2 aromatic heterocycles. The van der Waals surface area contributed by atoms with Crippen LogP contribution in [0.1, 0.15) is 35.1 Å². The van der Waals surface area contributed by atoms with Crippen molar-refractivity contribution in [1.82, 2.24) is 25.1 Å². The minimum absolute atomic E-state index is 0.408. The first-order chi connectivity index (χ1) is 15.3. The van der Waals surface area contributed by atoms with Crippen LogP contribution in [0.4, 0.5) is 0 Å². The van der Waals surface area contributed by atoms with Gasteiger partial charge in [-0.15, -0.1) is 11.3 Å². The third-order valence-electron chi connectivity index (χ3n) is 5.78. The molecule has 0 saturated carbocycles. The number of hydrogen-bond acceptors (Lipinski definition) is 4. The Morgan fingerprint density at radius 2 is 1.97 bits per heavy atom. The minimum atomic E-state index is 0.408. The van der Waals surface area contributed by atoms with E-state index in [1.807, 2.05) is 30.6 Å². The number of rotatable bonds is 9. The van der Waals surface area contributed by atoms with Crippen LogP contribution in [-0.2, 0) is 13.0 Å². The molecule has 1 atom stereocenters. The van der Waals surface area contributed by atoms with E-state index in [2.05, 4.69) is 78.1 Å². The SMILES string of the molecule is CN=C(NCCc1nccn1Cc1ccccc1)NCC(c1cccs1)N1CCCC1. The average Bonchev–Trinajstić information content (AvgIpc) is 3.58. The molecule has 3 aromatic rings. The fourth-order valence-corrected chi connectivity index (χ4v) is 5.00. The molecule has 0 amide bonds. The number of aromatic nitrogens is 2. The molecule has 2 N–H and O–H groups in total. The van der Waals surface area contributed by atoms with Crippen LogP contribution in [0, 0.1) is 0 Å². The second-order valence-electron chi connectivity index (χ2n) is 7.86. The molecule has 6 nitrogen and oxygen atoms in total. The maximum absolute atomic E-state index is 4.55. The molecule has 7 heteroatoms. The van der Waals surface area contributed by atoms with Crippen LogP contribution >= 0.6 is 11.3 Å².